The second-order valence-corrected chi connectivity index (χ2v) is 7.50. The van der Waals surface area contributed by atoms with E-state index in [1.54, 1.807) is 29.2 Å². The van der Waals surface area contributed by atoms with Crippen LogP contribution in [0.1, 0.15) is 28.6 Å². The maximum Gasteiger partial charge on any atom is 0.291 e. The van der Waals surface area contributed by atoms with Crippen molar-refractivity contribution in [1.82, 2.24) is 4.90 Å². The summed E-state index contributed by atoms with van der Waals surface area (Å²) in [6.45, 7) is 2.41. The van der Waals surface area contributed by atoms with E-state index >= 15 is 0 Å². The van der Waals surface area contributed by atoms with Crippen molar-refractivity contribution in [2.45, 2.75) is 12.5 Å². The SMILES string of the molecule is CCN1C(=O)C2(c3ccccc31)c1c(oc3ccc(F)cc3c1=O)C(=O)N2CCOC. The summed E-state index contributed by atoms with van der Waals surface area (Å²) in [6.07, 6.45) is 0. The van der Waals surface area contributed by atoms with Crippen LogP contribution in [0.2, 0.25) is 0 Å². The molecule has 2 aliphatic heterocycles. The number of hydrogen-bond acceptors (Lipinski definition) is 5. The van der Waals surface area contributed by atoms with Crippen LogP contribution < -0.4 is 10.3 Å². The van der Waals surface area contributed by atoms with E-state index in [0.717, 1.165) is 12.1 Å². The summed E-state index contributed by atoms with van der Waals surface area (Å²) in [5, 5.41) is -0.0141. The van der Waals surface area contributed by atoms with Crippen LogP contribution in [-0.4, -0.2) is 43.5 Å². The molecule has 158 valence electrons. The van der Waals surface area contributed by atoms with E-state index in [0.29, 0.717) is 17.8 Å². The van der Waals surface area contributed by atoms with Crippen molar-refractivity contribution in [2.24, 2.45) is 0 Å². The summed E-state index contributed by atoms with van der Waals surface area (Å²) in [7, 11) is 1.49. The van der Waals surface area contributed by atoms with E-state index in [1.807, 2.05) is 6.92 Å². The topological polar surface area (TPSA) is 80.1 Å². The third-order valence-electron chi connectivity index (χ3n) is 6.03. The zero-order chi connectivity index (χ0) is 21.9. The van der Waals surface area contributed by atoms with Crippen molar-refractivity contribution in [2.75, 3.05) is 31.7 Å². The van der Waals surface area contributed by atoms with Crippen LogP contribution in [0.15, 0.2) is 51.7 Å². The minimum Gasteiger partial charge on any atom is -0.450 e. The van der Waals surface area contributed by atoms with Gasteiger partial charge in [0.25, 0.3) is 11.8 Å². The van der Waals surface area contributed by atoms with Crippen molar-refractivity contribution in [3.8, 4) is 0 Å². The van der Waals surface area contributed by atoms with Gasteiger partial charge in [-0.2, -0.15) is 0 Å². The molecule has 1 atom stereocenters. The maximum absolute atomic E-state index is 13.9. The zero-order valence-electron chi connectivity index (χ0n) is 17.0. The monoisotopic (exact) mass is 422 g/mol. The molecule has 1 aromatic heterocycles. The fourth-order valence-electron chi connectivity index (χ4n) is 4.76. The number of benzene rings is 2. The van der Waals surface area contributed by atoms with Crippen molar-refractivity contribution in [3.63, 3.8) is 0 Å². The third-order valence-corrected chi connectivity index (χ3v) is 6.03. The zero-order valence-corrected chi connectivity index (χ0v) is 17.0. The van der Waals surface area contributed by atoms with Gasteiger partial charge in [0.05, 0.1) is 23.2 Å². The van der Waals surface area contributed by atoms with E-state index in [9.17, 15) is 18.8 Å². The first-order chi connectivity index (χ1) is 15.0. The van der Waals surface area contributed by atoms with Crippen molar-refractivity contribution < 1.29 is 23.1 Å². The van der Waals surface area contributed by atoms with E-state index < -0.39 is 28.6 Å². The fraction of sp³-hybridized carbons (Fsp3) is 0.261. The number of methoxy groups -OCH3 is 1. The van der Waals surface area contributed by atoms with Gasteiger partial charge in [0, 0.05) is 25.8 Å². The molecule has 8 heteroatoms. The second-order valence-electron chi connectivity index (χ2n) is 7.50. The number of carbonyl (C=O) groups is 2. The molecule has 0 N–H and O–H groups in total. The molecule has 3 aromatic rings. The molecule has 5 rings (SSSR count). The van der Waals surface area contributed by atoms with Gasteiger partial charge in [-0.05, 0) is 31.2 Å². The smallest absolute Gasteiger partial charge is 0.291 e. The van der Waals surface area contributed by atoms with Gasteiger partial charge in [-0.1, -0.05) is 18.2 Å². The summed E-state index contributed by atoms with van der Waals surface area (Å²) in [5.74, 6) is -1.79. The quantitative estimate of drug-likeness (QED) is 0.646. The number of halogens is 1. The number of para-hydroxylation sites is 1. The summed E-state index contributed by atoms with van der Waals surface area (Å²) >= 11 is 0. The first kappa shape index (κ1) is 19.4. The first-order valence-corrected chi connectivity index (χ1v) is 9.96. The van der Waals surface area contributed by atoms with E-state index in [4.69, 9.17) is 9.15 Å². The van der Waals surface area contributed by atoms with Gasteiger partial charge in [-0.25, -0.2) is 4.39 Å². The highest BCUT2D eigenvalue weighted by atomic mass is 19.1. The number of ether oxygens (including phenoxy) is 1. The number of amides is 2. The third kappa shape index (κ3) is 2.33. The molecule has 2 aliphatic rings. The lowest BCUT2D eigenvalue weighted by Gasteiger charge is -2.34. The van der Waals surface area contributed by atoms with Crippen molar-refractivity contribution >= 4 is 28.5 Å². The predicted molar refractivity (Wildman–Crippen MR) is 111 cm³/mol. The van der Waals surface area contributed by atoms with E-state index in [-0.39, 0.29) is 35.4 Å². The Morgan fingerprint density at radius 3 is 2.65 bits per heavy atom. The molecule has 7 nitrogen and oxygen atoms in total. The van der Waals surface area contributed by atoms with Crippen LogP contribution >= 0.6 is 0 Å². The molecule has 0 saturated heterocycles. The summed E-state index contributed by atoms with van der Waals surface area (Å²) < 4.78 is 24.9. The molecule has 1 spiro atoms. The van der Waals surface area contributed by atoms with Crippen molar-refractivity contribution in [1.29, 1.82) is 0 Å². The largest absolute Gasteiger partial charge is 0.450 e. The molecule has 31 heavy (non-hydrogen) atoms. The molecular formula is C23H19FN2O5. The van der Waals surface area contributed by atoms with Crippen LogP contribution in [0.4, 0.5) is 10.1 Å². The second kappa shape index (κ2) is 6.75. The average Bonchev–Trinajstić information content (AvgIpc) is 3.17. The van der Waals surface area contributed by atoms with Gasteiger partial charge in [-0.3, -0.25) is 14.4 Å². The van der Waals surface area contributed by atoms with Crippen molar-refractivity contribution in [3.05, 3.63) is 75.4 Å². The lowest BCUT2D eigenvalue weighted by molar-refractivity contribution is -0.126. The first-order valence-electron chi connectivity index (χ1n) is 9.96. The molecule has 0 saturated carbocycles. The highest BCUT2D eigenvalue weighted by Crippen LogP contribution is 2.52. The van der Waals surface area contributed by atoms with Crippen LogP contribution in [0.25, 0.3) is 11.0 Å². The van der Waals surface area contributed by atoms with E-state index in [1.165, 1.54) is 18.1 Å². The van der Waals surface area contributed by atoms with Gasteiger partial charge < -0.3 is 19.0 Å². The molecule has 2 amide bonds. The van der Waals surface area contributed by atoms with Crippen LogP contribution in [0.3, 0.4) is 0 Å². The Morgan fingerprint density at radius 1 is 1.13 bits per heavy atom. The molecule has 1 unspecified atom stereocenters. The Kier molecular flexibility index (Phi) is 4.23. The lowest BCUT2D eigenvalue weighted by atomic mass is 9.84. The summed E-state index contributed by atoms with van der Waals surface area (Å²) in [4.78, 5) is 43.9. The Labute approximate surface area is 176 Å². The number of nitrogens with zero attached hydrogens (tertiary/aromatic N) is 2. The van der Waals surface area contributed by atoms with Gasteiger partial charge in [0.2, 0.25) is 5.76 Å². The highest BCUT2D eigenvalue weighted by Gasteiger charge is 2.64. The van der Waals surface area contributed by atoms with Crippen LogP contribution in [0, 0.1) is 5.82 Å². The molecule has 0 aliphatic carbocycles. The Morgan fingerprint density at radius 2 is 1.90 bits per heavy atom. The molecule has 3 heterocycles. The summed E-state index contributed by atoms with van der Waals surface area (Å²) in [5.41, 5.74) is -1.11. The number of fused-ring (bicyclic) bond motifs is 5. The predicted octanol–water partition coefficient (Wildman–Crippen LogP) is 2.64. The number of rotatable bonds is 4. The molecular weight excluding hydrogens is 403 g/mol. The van der Waals surface area contributed by atoms with Crippen LogP contribution in [0.5, 0.6) is 0 Å². The number of carbonyl (C=O) groups excluding carboxylic acids is 2. The normalized spacial score (nSPS) is 19.6. The van der Waals surface area contributed by atoms with Gasteiger partial charge in [-0.15, -0.1) is 0 Å². The standard InChI is InChI=1S/C23H19FN2O5/c1-3-25-16-7-5-4-6-15(16)23(22(25)29)18-19(27)14-12-13(24)8-9-17(14)31-20(18)21(28)26(23)10-11-30-2/h4-9,12H,3,10-11H2,1-2H3. The number of anilines is 1. The minimum atomic E-state index is -1.68. The Balaban J connectivity index is 1.92. The fourth-order valence-corrected chi connectivity index (χ4v) is 4.76. The number of hydrogen-bond donors (Lipinski definition) is 0. The molecule has 2 aromatic carbocycles. The van der Waals surface area contributed by atoms with Crippen LogP contribution in [-0.2, 0) is 15.1 Å². The molecule has 0 bridgehead atoms. The van der Waals surface area contributed by atoms with E-state index in [2.05, 4.69) is 0 Å². The van der Waals surface area contributed by atoms with Gasteiger partial charge >= 0.3 is 0 Å². The Hall–Kier alpha value is -3.52. The Bertz CT molecular complexity index is 1320. The average molecular weight is 422 g/mol. The minimum absolute atomic E-state index is 0.0141. The maximum atomic E-state index is 13.9. The molecule has 0 radical (unpaired) electrons. The lowest BCUT2D eigenvalue weighted by Crippen LogP contribution is -2.54. The number of likely N-dealkylation sites (N-methyl/N-ethyl adjacent to an activating group) is 1. The summed E-state index contributed by atoms with van der Waals surface area (Å²) in [6, 6.07) is 10.6. The molecule has 0 fully saturated rings. The van der Waals surface area contributed by atoms with Gasteiger partial charge in [0.1, 0.15) is 11.4 Å². The highest BCUT2D eigenvalue weighted by molar-refractivity contribution is 6.17. The van der Waals surface area contributed by atoms with Gasteiger partial charge in [0.15, 0.2) is 11.0 Å².